The Morgan fingerprint density at radius 1 is 1.50 bits per heavy atom. The Kier molecular flexibility index (Phi) is 5.13. The van der Waals surface area contributed by atoms with Gasteiger partial charge in [0.25, 0.3) is 0 Å². The van der Waals surface area contributed by atoms with Crippen molar-refractivity contribution in [2.45, 2.75) is 56.7 Å². The number of carbonyl (C=O) groups excluding carboxylic acids is 2. The molecule has 2 rings (SSSR count). The van der Waals surface area contributed by atoms with Crippen LogP contribution in [0.2, 0.25) is 0 Å². The Hall–Kier alpha value is -0.550. The van der Waals surface area contributed by atoms with E-state index in [0.29, 0.717) is 11.8 Å². The molecule has 5 unspecified atom stereocenters. The fraction of sp³-hybridized carbons (Fsp3) is 0.867. The summed E-state index contributed by atoms with van der Waals surface area (Å²) in [6, 6.07) is -0.0809. The Bertz CT molecular complexity index is 388. The van der Waals surface area contributed by atoms with Crippen LogP contribution in [0.4, 0.5) is 0 Å². The van der Waals surface area contributed by atoms with E-state index in [-0.39, 0.29) is 29.0 Å². The average Bonchev–Trinajstić information content (AvgIpc) is 3.09. The molecule has 0 aromatic carbocycles. The quantitative estimate of drug-likeness (QED) is 0.813. The van der Waals surface area contributed by atoms with Crippen LogP contribution in [0.5, 0.6) is 0 Å². The van der Waals surface area contributed by atoms with E-state index in [4.69, 9.17) is 0 Å². The van der Waals surface area contributed by atoms with E-state index < -0.39 is 0 Å². The highest BCUT2D eigenvalue weighted by atomic mass is 32.2. The molecule has 0 spiro atoms. The zero-order chi connectivity index (χ0) is 14.9. The summed E-state index contributed by atoms with van der Waals surface area (Å²) in [4.78, 5) is 26.0. The monoisotopic (exact) mass is 298 g/mol. The number of likely N-dealkylation sites (N-methyl/N-ethyl adjacent to an activating group) is 1. The first-order valence-corrected chi connectivity index (χ1v) is 8.52. The van der Waals surface area contributed by atoms with Gasteiger partial charge in [0, 0.05) is 17.7 Å². The lowest BCUT2D eigenvalue weighted by Crippen LogP contribution is -2.54. The van der Waals surface area contributed by atoms with Crippen molar-refractivity contribution in [3.8, 4) is 0 Å². The summed E-state index contributed by atoms with van der Waals surface area (Å²) >= 11 is 1.94. The first-order valence-electron chi connectivity index (χ1n) is 7.57. The molecule has 2 fully saturated rings. The highest BCUT2D eigenvalue weighted by Gasteiger charge is 2.41. The van der Waals surface area contributed by atoms with Crippen LogP contribution >= 0.6 is 11.8 Å². The van der Waals surface area contributed by atoms with Gasteiger partial charge in [-0.3, -0.25) is 9.59 Å². The second-order valence-electron chi connectivity index (χ2n) is 6.26. The second-order valence-corrected chi connectivity index (χ2v) is 7.68. The lowest BCUT2D eigenvalue weighted by atomic mass is 10.0. The highest BCUT2D eigenvalue weighted by Crippen LogP contribution is 2.45. The van der Waals surface area contributed by atoms with E-state index in [0.717, 1.165) is 18.8 Å². The molecule has 2 aliphatic rings. The number of piperidine rings is 1. The first kappa shape index (κ1) is 15.8. The normalized spacial score (nSPS) is 35.0. The van der Waals surface area contributed by atoms with Crippen LogP contribution < -0.4 is 5.32 Å². The molecule has 1 aliphatic carbocycles. The standard InChI is InChI=1S/C15H26N2O2S/c1-9-7-13(9)20-14-6-5-12(16-4)15(19)17(14)8-10(2)11(3)18/h9-10,12-14,16H,5-8H2,1-4H3. The van der Waals surface area contributed by atoms with Crippen molar-refractivity contribution in [1.82, 2.24) is 10.2 Å². The summed E-state index contributed by atoms with van der Waals surface area (Å²) < 4.78 is 0. The predicted octanol–water partition coefficient (Wildman–Crippen LogP) is 1.89. The third-order valence-electron chi connectivity index (χ3n) is 4.51. The molecule has 0 radical (unpaired) electrons. The molecule has 4 nitrogen and oxygen atoms in total. The van der Waals surface area contributed by atoms with E-state index in [1.54, 1.807) is 6.92 Å². The summed E-state index contributed by atoms with van der Waals surface area (Å²) in [5.74, 6) is 1.03. The van der Waals surface area contributed by atoms with Crippen molar-refractivity contribution < 1.29 is 9.59 Å². The van der Waals surface area contributed by atoms with E-state index in [1.807, 2.05) is 30.6 Å². The number of nitrogens with one attached hydrogen (secondary N) is 1. The summed E-state index contributed by atoms with van der Waals surface area (Å²) in [7, 11) is 1.84. The van der Waals surface area contributed by atoms with Crippen LogP contribution in [0, 0.1) is 11.8 Å². The van der Waals surface area contributed by atoms with E-state index >= 15 is 0 Å². The molecule has 0 bridgehead atoms. The number of likely N-dealkylation sites (tertiary alicyclic amines) is 1. The van der Waals surface area contributed by atoms with Gasteiger partial charge < -0.3 is 10.2 Å². The van der Waals surface area contributed by atoms with Crippen LogP contribution in [-0.2, 0) is 9.59 Å². The molecule has 0 aromatic rings. The van der Waals surface area contributed by atoms with Crippen molar-refractivity contribution in [2.75, 3.05) is 13.6 Å². The third kappa shape index (κ3) is 3.55. The van der Waals surface area contributed by atoms with Gasteiger partial charge in [-0.1, -0.05) is 13.8 Å². The third-order valence-corrected chi connectivity index (χ3v) is 6.32. The maximum absolute atomic E-state index is 12.5. The van der Waals surface area contributed by atoms with Gasteiger partial charge in [0.2, 0.25) is 5.91 Å². The maximum Gasteiger partial charge on any atom is 0.240 e. The van der Waals surface area contributed by atoms with Gasteiger partial charge in [0.05, 0.1) is 11.4 Å². The second kappa shape index (κ2) is 6.48. The van der Waals surface area contributed by atoms with Gasteiger partial charge in [0.1, 0.15) is 5.78 Å². The minimum atomic E-state index is -0.0809. The molecule has 1 heterocycles. The highest BCUT2D eigenvalue weighted by molar-refractivity contribution is 8.00. The largest absolute Gasteiger partial charge is 0.329 e. The smallest absolute Gasteiger partial charge is 0.240 e. The van der Waals surface area contributed by atoms with Crippen LogP contribution in [0.3, 0.4) is 0 Å². The molecule has 114 valence electrons. The summed E-state index contributed by atoms with van der Waals surface area (Å²) in [5, 5.41) is 4.06. The minimum Gasteiger partial charge on any atom is -0.329 e. The Balaban J connectivity index is 2.04. The Morgan fingerprint density at radius 2 is 2.15 bits per heavy atom. The number of thioether (sulfide) groups is 1. The number of Topliss-reactive ketones (excluding diaryl/α,β-unsaturated/α-hetero) is 1. The van der Waals surface area contributed by atoms with Gasteiger partial charge in [-0.2, -0.15) is 0 Å². The SMILES string of the molecule is CNC1CCC(SC2CC2C)N(CC(C)C(C)=O)C1=O. The maximum atomic E-state index is 12.5. The van der Waals surface area contributed by atoms with Crippen molar-refractivity contribution in [1.29, 1.82) is 0 Å². The molecule has 1 saturated heterocycles. The fourth-order valence-electron chi connectivity index (χ4n) is 2.65. The van der Waals surface area contributed by atoms with Crippen LogP contribution in [0.25, 0.3) is 0 Å². The molecule has 1 aliphatic heterocycles. The Morgan fingerprint density at radius 3 is 2.65 bits per heavy atom. The van der Waals surface area contributed by atoms with Gasteiger partial charge in [-0.25, -0.2) is 0 Å². The van der Waals surface area contributed by atoms with Crippen LogP contribution in [0.1, 0.15) is 40.0 Å². The number of rotatable bonds is 6. The van der Waals surface area contributed by atoms with Gasteiger partial charge in [0.15, 0.2) is 0 Å². The summed E-state index contributed by atoms with van der Waals surface area (Å²) in [5.41, 5.74) is 0. The number of ketones is 1. The molecule has 1 N–H and O–H groups in total. The Labute approximate surface area is 126 Å². The topological polar surface area (TPSA) is 49.4 Å². The molecule has 1 saturated carbocycles. The molecule has 20 heavy (non-hydrogen) atoms. The summed E-state index contributed by atoms with van der Waals surface area (Å²) in [6.07, 6.45) is 3.19. The van der Waals surface area contributed by atoms with Crippen molar-refractivity contribution in [2.24, 2.45) is 11.8 Å². The molecule has 5 heteroatoms. The first-order chi connectivity index (χ1) is 9.43. The average molecular weight is 298 g/mol. The van der Waals surface area contributed by atoms with Gasteiger partial charge in [-0.05, 0) is 39.2 Å². The zero-order valence-corrected chi connectivity index (χ0v) is 13.7. The molecule has 5 atom stereocenters. The lowest BCUT2D eigenvalue weighted by Gasteiger charge is -2.40. The van der Waals surface area contributed by atoms with Crippen molar-refractivity contribution in [3.05, 3.63) is 0 Å². The van der Waals surface area contributed by atoms with E-state index in [2.05, 4.69) is 12.2 Å². The van der Waals surface area contributed by atoms with E-state index in [1.165, 1.54) is 6.42 Å². The number of hydrogen-bond acceptors (Lipinski definition) is 4. The van der Waals surface area contributed by atoms with Crippen LogP contribution in [-0.4, -0.2) is 46.8 Å². The predicted molar refractivity (Wildman–Crippen MR) is 82.6 cm³/mol. The minimum absolute atomic E-state index is 0.0747. The van der Waals surface area contributed by atoms with E-state index in [9.17, 15) is 9.59 Å². The number of carbonyl (C=O) groups is 2. The number of hydrogen-bond donors (Lipinski definition) is 1. The van der Waals surface area contributed by atoms with Crippen molar-refractivity contribution in [3.63, 3.8) is 0 Å². The van der Waals surface area contributed by atoms with Gasteiger partial charge in [-0.15, -0.1) is 11.8 Å². The number of amides is 1. The summed E-state index contributed by atoms with van der Waals surface area (Å²) in [6.45, 7) is 6.35. The number of nitrogens with zero attached hydrogens (tertiary/aromatic N) is 1. The zero-order valence-electron chi connectivity index (χ0n) is 12.9. The molecular weight excluding hydrogens is 272 g/mol. The molecule has 1 amide bonds. The van der Waals surface area contributed by atoms with Crippen molar-refractivity contribution >= 4 is 23.5 Å². The van der Waals surface area contributed by atoms with Crippen LogP contribution in [0.15, 0.2) is 0 Å². The van der Waals surface area contributed by atoms with Gasteiger partial charge >= 0.3 is 0 Å². The molecule has 0 aromatic heterocycles. The lowest BCUT2D eigenvalue weighted by molar-refractivity contribution is -0.138. The molecular formula is C15H26N2O2S. The fourth-order valence-corrected chi connectivity index (χ4v) is 4.35.